The average molecular weight is 735 g/mol. The highest BCUT2D eigenvalue weighted by atomic mass is 31.2. The highest BCUT2D eigenvalue weighted by Gasteiger charge is 2.23. The molecule has 0 bridgehead atoms. The summed E-state index contributed by atoms with van der Waals surface area (Å²) in [6, 6.07) is -0.948. The lowest BCUT2D eigenvalue weighted by Crippen LogP contribution is -2.45. The van der Waals surface area contributed by atoms with Crippen LogP contribution in [-0.4, -0.2) is 79.8 Å². The molecule has 1 amide bonds. The molecule has 51 heavy (non-hydrogen) atoms. The second-order valence-corrected chi connectivity index (χ2v) is 15.1. The van der Waals surface area contributed by atoms with Gasteiger partial charge in [-0.1, -0.05) is 125 Å². The molecule has 0 aliphatic heterocycles. The van der Waals surface area contributed by atoms with Gasteiger partial charge in [0, 0.05) is 6.42 Å². The number of rotatable bonds is 32. The molecule has 3 N–H and O–H groups in total. The maximum absolute atomic E-state index is 12.7. The highest BCUT2D eigenvalue weighted by Crippen LogP contribution is 2.38. The first-order valence-corrected chi connectivity index (χ1v) is 20.5. The number of allylic oxidation sites excluding steroid dienone is 11. The summed E-state index contributed by atoms with van der Waals surface area (Å²) in [6.07, 6.45) is 39.8. The summed E-state index contributed by atoms with van der Waals surface area (Å²) in [5, 5.41) is 23.4. The van der Waals surface area contributed by atoms with E-state index in [2.05, 4.69) is 48.7 Å². The second-order valence-electron chi connectivity index (χ2n) is 13.7. The number of hydrogen-bond acceptors (Lipinski definition) is 7. The summed E-state index contributed by atoms with van der Waals surface area (Å²) in [4.78, 5) is 25.1. The maximum atomic E-state index is 12.7. The zero-order valence-corrected chi connectivity index (χ0v) is 33.3. The van der Waals surface area contributed by atoms with Crippen LogP contribution in [0.5, 0.6) is 0 Å². The Morgan fingerprint density at radius 3 is 2.12 bits per heavy atom. The number of nitrogens with one attached hydrogen (secondary N) is 1. The van der Waals surface area contributed by atoms with Crippen LogP contribution in [0.4, 0.5) is 0 Å². The van der Waals surface area contributed by atoms with Crippen molar-refractivity contribution in [2.45, 2.75) is 128 Å². The Balaban J connectivity index is 4.72. The van der Waals surface area contributed by atoms with Gasteiger partial charge in [-0.3, -0.25) is 9.36 Å². The van der Waals surface area contributed by atoms with Crippen molar-refractivity contribution in [3.8, 4) is 0 Å². The number of carbonyl (C=O) groups is 1. The van der Waals surface area contributed by atoms with Crippen LogP contribution < -0.4 is 10.2 Å². The van der Waals surface area contributed by atoms with E-state index in [4.69, 9.17) is 9.05 Å². The molecular formula is C41H71N2O7P. The predicted octanol–water partition coefficient (Wildman–Crippen LogP) is 8.19. The summed E-state index contributed by atoms with van der Waals surface area (Å²) >= 11 is 0. The first kappa shape index (κ1) is 48.6. The summed E-state index contributed by atoms with van der Waals surface area (Å²) in [5.41, 5.74) is 0. The molecule has 0 aliphatic carbocycles. The van der Waals surface area contributed by atoms with Crippen molar-refractivity contribution in [1.82, 2.24) is 5.32 Å². The fourth-order valence-electron chi connectivity index (χ4n) is 4.57. The molecule has 0 saturated carbocycles. The molecule has 9 nitrogen and oxygen atoms in total. The van der Waals surface area contributed by atoms with Crippen molar-refractivity contribution in [2.75, 3.05) is 40.9 Å². The summed E-state index contributed by atoms with van der Waals surface area (Å²) in [7, 11) is 1.16. The van der Waals surface area contributed by atoms with Crippen molar-refractivity contribution in [2.24, 2.45) is 0 Å². The Kier molecular flexibility index (Phi) is 30.8. The van der Waals surface area contributed by atoms with Gasteiger partial charge < -0.3 is 34.0 Å². The van der Waals surface area contributed by atoms with Gasteiger partial charge in [0.25, 0.3) is 7.82 Å². The zero-order valence-electron chi connectivity index (χ0n) is 32.4. The van der Waals surface area contributed by atoms with E-state index in [1.165, 1.54) is 32.1 Å². The Hall–Kier alpha value is -2.36. The van der Waals surface area contributed by atoms with Gasteiger partial charge in [-0.05, 0) is 64.2 Å². The van der Waals surface area contributed by atoms with Crippen molar-refractivity contribution < 1.29 is 38.0 Å². The van der Waals surface area contributed by atoms with Crippen LogP contribution in [0.3, 0.4) is 0 Å². The van der Waals surface area contributed by atoms with E-state index in [1.54, 1.807) is 6.08 Å². The highest BCUT2D eigenvalue weighted by molar-refractivity contribution is 7.45. The third kappa shape index (κ3) is 34.5. The number of likely N-dealkylation sites (N-methyl/N-ethyl adjacent to an activating group) is 1. The minimum Gasteiger partial charge on any atom is -0.756 e. The Bertz CT molecular complexity index is 1120. The van der Waals surface area contributed by atoms with Crippen molar-refractivity contribution in [3.05, 3.63) is 85.1 Å². The molecule has 10 heteroatoms. The number of nitrogens with zero attached hydrogens (tertiary/aromatic N) is 1. The van der Waals surface area contributed by atoms with Gasteiger partial charge in [-0.15, -0.1) is 0 Å². The minimum absolute atomic E-state index is 0.0297. The summed E-state index contributed by atoms with van der Waals surface area (Å²) < 4.78 is 23.0. The first-order chi connectivity index (χ1) is 24.4. The molecule has 0 aromatic carbocycles. The van der Waals surface area contributed by atoms with E-state index >= 15 is 0 Å². The number of quaternary nitrogens is 1. The van der Waals surface area contributed by atoms with Crippen LogP contribution in [0.25, 0.3) is 0 Å². The number of phosphoric ester groups is 1. The lowest BCUT2D eigenvalue weighted by atomic mass is 10.1. The fraction of sp³-hybridized carbons (Fsp3) is 0.634. The smallest absolute Gasteiger partial charge is 0.268 e. The van der Waals surface area contributed by atoms with Crippen molar-refractivity contribution in [1.29, 1.82) is 0 Å². The number of aliphatic hydroxyl groups excluding tert-OH is 2. The maximum Gasteiger partial charge on any atom is 0.268 e. The van der Waals surface area contributed by atoms with E-state index in [0.717, 1.165) is 44.9 Å². The largest absolute Gasteiger partial charge is 0.756 e. The molecule has 0 radical (unpaired) electrons. The number of carbonyl (C=O) groups excluding carboxylic acids is 1. The van der Waals surface area contributed by atoms with Gasteiger partial charge >= 0.3 is 0 Å². The molecule has 4 atom stereocenters. The van der Waals surface area contributed by atoms with Crippen LogP contribution in [0.1, 0.15) is 110 Å². The molecular weight excluding hydrogens is 663 g/mol. The SMILES string of the molecule is CC/C=C\C(O)C/C=C/C=C\C/C=C\C/C=C\CCCC(=O)N[C@@H](COP(=O)([O-])OCC[N+](C)(C)C)[C@H](O)/C=C/CC/C=C\CCCCCCC. The number of unbranched alkanes of at least 4 members (excludes halogenated alkanes) is 7. The van der Waals surface area contributed by atoms with Gasteiger partial charge in [-0.25, -0.2) is 0 Å². The van der Waals surface area contributed by atoms with Crippen LogP contribution in [0.15, 0.2) is 85.1 Å². The van der Waals surface area contributed by atoms with Crippen molar-refractivity contribution in [3.63, 3.8) is 0 Å². The monoisotopic (exact) mass is 734 g/mol. The second kappa shape index (κ2) is 32.3. The molecule has 0 aromatic heterocycles. The summed E-state index contributed by atoms with van der Waals surface area (Å²) in [6.45, 7) is 4.26. The van der Waals surface area contributed by atoms with Crippen LogP contribution in [0.2, 0.25) is 0 Å². The van der Waals surface area contributed by atoms with Gasteiger partial charge in [0.1, 0.15) is 13.2 Å². The molecule has 292 valence electrons. The Labute approximate surface area is 310 Å². The third-order valence-electron chi connectivity index (χ3n) is 7.66. The molecule has 2 unspecified atom stereocenters. The van der Waals surface area contributed by atoms with E-state index < -0.39 is 32.7 Å². The topological polar surface area (TPSA) is 128 Å². The molecule has 0 fully saturated rings. The van der Waals surface area contributed by atoms with Gasteiger partial charge in [0.2, 0.25) is 5.91 Å². The van der Waals surface area contributed by atoms with Gasteiger partial charge in [-0.2, -0.15) is 0 Å². The standard InChI is InChI=1S/C41H71N2O7P/c1-6-8-10-11-12-13-16-20-23-26-29-33-40(45)39(37-50-51(47,48)49-36-35-43(3,4)5)42-41(46)34-30-27-24-21-18-15-14-17-19-22-25-28-32-38(44)31-9-7-2/h9,14-16,19-22,24-25,28-29,31,33,38-40,44-45H,6-8,10-13,17-18,23,26-27,30,32,34-37H2,1-5H3,(H-,42,46,47,48)/b15-14-,20-16-,22-19-,24-21-,28-25+,31-9-,33-29+/t38?,39-,40+/m0/s1. The van der Waals surface area contributed by atoms with Gasteiger partial charge in [0.05, 0.1) is 46.0 Å². The normalized spacial score (nSPS) is 16.2. The predicted molar refractivity (Wildman–Crippen MR) is 211 cm³/mol. The van der Waals surface area contributed by atoms with Gasteiger partial charge in [0.15, 0.2) is 0 Å². The number of phosphoric acid groups is 1. The molecule has 0 rings (SSSR count). The Morgan fingerprint density at radius 2 is 1.39 bits per heavy atom. The molecule has 0 aliphatic rings. The first-order valence-electron chi connectivity index (χ1n) is 19.1. The Morgan fingerprint density at radius 1 is 0.765 bits per heavy atom. The van der Waals surface area contributed by atoms with Crippen LogP contribution in [-0.2, 0) is 18.4 Å². The fourth-order valence-corrected chi connectivity index (χ4v) is 5.30. The third-order valence-corrected chi connectivity index (χ3v) is 8.63. The van der Waals surface area contributed by atoms with Crippen LogP contribution in [0, 0.1) is 0 Å². The van der Waals surface area contributed by atoms with Crippen molar-refractivity contribution >= 4 is 13.7 Å². The van der Waals surface area contributed by atoms with E-state index in [-0.39, 0.29) is 18.9 Å². The number of amides is 1. The molecule has 0 aromatic rings. The van der Waals surface area contributed by atoms with E-state index in [0.29, 0.717) is 23.9 Å². The van der Waals surface area contributed by atoms with Crippen LogP contribution >= 0.6 is 7.82 Å². The molecule has 0 spiro atoms. The molecule has 0 saturated heterocycles. The molecule has 0 heterocycles. The quantitative estimate of drug-likeness (QED) is 0.0209. The van der Waals surface area contributed by atoms with E-state index in [9.17, 15) is 24.5 Å². The zero-order chi connectivity index (χ0) is 38.1. The minimum atomic E-state index is -4.62. The lowest BCUT2D eigenvalue weighted by molar-refractivity contribution is -0.870. The number of aliphatic hydroxyl groups is 2. The average Bonchev–Trinajstić information content (AvgIpc) is 3.07. The summed E-state index contributed by atoms with van der Waals surface area (Å²) in [5.74, 6) is -0.286. The number of hydrogen-bond donors (Lipinski definition) is 3. The lowest BCUT2D eigenvalue weighted by Gasteiger charge is -2.29. The van der Waals surface area contributed by atoms with E-state index in [1.807, 2.05) is 70.6 Å².